The minimum absolute atomic E-state index is 0.0227. The van der Waals surface area contributed by atoms with Crippen molar-refractivity contribution in [2.45, 2.75) is 52.5 Å². The van der Waals surface area contributed by atoms with E-state index in [9.17, 15) is 8.78 Å². The van der Waals surface area contributed by atoms with E-state index in [1.165, 1.54) is 6.07 Å². The van der Waals surface area contributed by atoms with Crippen LogP contribution < -0.4 is 5.32 Å². The third-order valence-corrected chi connectivity index (χ3v) is 3.70. The average Bonchev–Trinajstić information content (AvgIpc) is 2.40. The Kier molecular flexibility index (Phi) is 7.00. The summed E-state index contributed by atoms with van der Waals surface area (Å²) in [6.07, 6.45) is 4.07. The summed E-state index contributed by atoms with van der Waals surface area (Å²) in [4.78, 5) is 0. The Morgan fingerprint density at radius 2 is 1.79 bits per heavy atom. The van der Waals surface area contributed by atoms with Gasteiger partial charge in [0.25, 0.3) is 0 Å². The fraction of sp³-hybridized carbons (Fsp3) is 0.625. The molecule has 1 aromatic rings. The van der Waals surface area contributed by atoms with Crippen LogP contribution in [0, 0.1) is 17.6 Å². The monoisotopic (exact) mass is 269 g/mol. The van der Waals surface area contributed by atoms with Crippen molar-refractivity contribution in [3.05, 3.63) is 35.4 Å². The SMILES string of the molecule is CCCNC(CC(CC)CC)c1ccc(F)cc1F. The summed E-state index contributed by atoms with van der Waals surface area (Å²) in [7, 11) is 0. The summed E-state index contributed by atoms with van der Waals surface area (Å²) < 4.78 is 26.9. The molecule has 0 aliphatic rings. The molecule has 1 N–H and O–H groups in total. The Labute approximate surface area is 115 Å². The topological polar surface area (TPSA) is 12.0 Å². The first-order valence-electron chi connectivity index (χ1n) is 7.30. The molecule has 1 unspecified atom stereocenters. The molecule has 1 atom stereocenters. The summed E-state index contributed by atoms with van der Waals surface area (Å²) in [6.45, 7) is 7.25. The number of nitrogens with one attached hydrogen (secondary N) is 1. The maximum absolute atomic E-state index is 13.9. The lowest BCUT2D eigenvalue weighted by Gasteiger charge is -2.24. The highest BCUT2D eigenvalue weighted by molar-refractivity contribution is 5.22. The smallest absolute Gasteiger partial charge is 0.130 e. The predicted octanol–water partition coefficient (Wildman–Crippen LogP) is 4.83. The van der Waals surface area contributed by atoms with E-state index >= 15 is 0 Å². The Bertz CT molecular complexity index is 375. The molecule has 0 bridgehead atoms. The van der Waals surface area contributed by atoms with E-state index < -0.39 is 11.6 Å². The van der Waals surface area contributed by atoms with Gasteiger partial charge in [0.05, 0.1) is 0 Å². The van der Waals surface area contributed by atoms with Crippen LogP contribution in [0.4, 0.5) is 8.78 Å². The van der Waals surface area contributed by atoms with Crippen LogP contribution in [0.3, 0.4) is 0 Å². The second kappa shape index (κ2) is 8.26. The molecule has 0 amide bonds. The van der Waals surface area contributed by atoms with Gasteiger partial charge in [-0.05, 0) is 31.4 Å². The molecule has 0 heterocycles. The Morgan fingerprint density at radius 1 is 1.11 bits per heavy atom. The zero-order valence-corrected chi connectivity index (χ0v) is 12.2. The van der Waals surface area contributed by atoms with Crippen LogP contribution >= 0.6 is 0 Å². The highest BCUT2D eigenvalue weighted by Crippen LogP contribution is 2.27. The first-order valence-corrected chi connectivity index (χ1v) is 7.30. The van der Waals surface area contributed by atoms with E-state index in [1.807, 2.05) is 0 Å². The van der Waals surface area contributed by atoms with Gasteiger partial charge >= 0.3 is 0 Å². The number of rotatable bonds is 8. The van der Waals surface area contributed by atoms with E-state index in [2.05, 4.69) is 26.1 Å². The van der Waals surface area contributed by atoms with Crippen LogP contribution in [0.25, 0.3) is 0 Å². The molecule has 0 saturated heterocycles. The van der Waals surface area contributed by atoms with Gasteiger partial charge in [0, 0.05) is 17.7 Å². The molecule has 1 rings (SSSR count). The van der Waals surface area contributed by atoms with Crippen molar-refractivity contribution in [2.75, 3.05) is 6.54 Å². The zero-order valence-electron chi connectivity index (χ0n) is 12.2. The van der Waals surface area contributed by atoms with Gasteiger partial charge < -0.3 is 5.32 Å². The van der Waals surface area contributed by atoms with Crippen LogP contribution in [0.5, 0.6) is 0 Å². The van der Waals surface area contributed by atoms with Crippen LogP contribution in [-0.4, -0.2) is 6.54 Å². The molecule has 0 spiro atoms. The third-order valence-electron chi connectivity index (χ3n) is 3.70. The maximum atomic E-state index is 13.9. The first-order chi connectivity index (χ1) is 9.12. The summed E-state index contributed by atoms with van der Waals surface area (Å²) in [5, 5.41) is 3.38. The van der Waals surface area contributed by atoms with E-state index in [0.29, 0.717) is 11.5 Å². The van der Waals surface area contributed by atoms with Crippen LogP contribution in [-0.2, 0) is 0 Å². The normalized spacial score (nSPS) is 12.9. The fourth-order valence-electron chi connectivity index (χ4n) is 2.38. The number of hydrogen-bond donors (Lipinski definition) is 1. The lowest BCUT2D eigenvalue weighted by Crippen LogP contribution is -2.25. The molecule has 0 aliphatic carbocycles. The van der Waals surface area contributed by atoms with Crippen LogP contribution in [0.2, 0.25) is 0 Å². The summed E-state index contributed by atoms with van der Waals surface area (Å²) in [6, 6.07) is 3.86. The van der Waals surface area contributed by atoms with Gasteiger partial charge in [-0.25, -0.2) is 8.78 Å². The molecule has 0 radical (unpaired) electrons. The zero-order chi connectivity index (χ0) is 14.3. The van der Waals surface area contributed by atoms with E-state index in [4.69, 9.17) is 0 Å². The molecule has 108 valence electrons. The molecule has 0 aromatic heterocycles. The molecule has 3 heteroatoms. The van der Waals surface area contributed by atoms with Crippen LogP contribution in [0.15, 0.2) is 18.2 Å². The van der Waals surface area contributed by atoms with Crippen molar-refractivity contribution in [2.24, 2.45) is 5.92 Å². The van der Waals surface area contributed by atoms with E-state index in [-0.39, 0.29) is 6.04 Å². The van der Waals surface area contributed by atoms with Gasteiger partial charge in [-0.3, -0.25) is 0 Å². The largest absolute Gasteiger partial charge is 0.310 e. The van der Waals surface area contributed by atoms with E-state index in [1.54, 1.807) is 6.07 Å². The number of benzene rings is 1. The van der Waals surface area contributed by atoms with Gasteiger partial charge in [0.15, 0.2) is 0 Å². The number of halogens is 2. The molecule has 0 saturated carbocycles. The maximum Gasteiger partial charge on any atom is 0.130 e. The number of hydrogen-bond acceptors (Lipinski definition) is 1. The quantitative estimate of drug-likeness (QED) is 0.712. The highest BCUT2D eigenvalue weighted by Gasteiger charge is 2.19. The van der Waals surface area contributed by atoms with Crippen molar-refractivity contribution in [3.8, 4) is 0 Å². The van der Waals surface area contributed by atoms with Crippen molar-refractivity contribution >= 4 is 0 Å². The molecule has 0 aliphatic heterocycles. The molecular weight excluding hydrogens is 244 g/mol. The summed E-state index contributed by atoms with van der Waals surface area (Å²) in [5.41, 5.74) is 0.585. The summed E-state index contributed by atoms with van der Waals surface area (Å²) in [5.74, 6) is -0.392. The fourth-order valence-corrected chi connectivity index (χ4v) is 2.38. The molecule has 19 heavy (non-hydrogen) atoms. The van der Waals surface area contributed by atoms with Crippen molar-refractivity contribution in [1.29, 1.82) is 0 Å². The van der Waals surface area contributed by atoms with Gasteiger partial charge in [-0.1, -0.05) is 39.7 Å². The van der Waals surface area contributed by atoms with Gasteiger partial charge in [0.2, 0.25) is 0 Å². The lowest BCUT2D eigenvalue weighted by molar-refractivity contribution is 0.363. The minimum atomic E-state index is -0.516. The second-order valence-electron chi connectivity index (χ2n) is 5.09. The predicted molar refractivity (Wildman–Crippen MR) is 76.1 cm³/mol. The average molecular weight is 269 g/mol. The van der Waals surface area contributed by atoms with Crippen molar-refractivity contribution in [3.63, 3.8) is 0 Å². The van der Waals surface area contributed by atoms with Gasteiger partial charge in [0.1, 0.15) is 11.6 Å². The molecule has 1 nitrogen and oxygen atoms in total. The van der Waals surface area contributed by atoms with Gasteiger partial charge in [-0.15, -0.1) is 0 Å². The van der Waals surface area contributed by atoms with Crippen molar-refractivity contribution in [1.82, 2.24) is 5.32 Å². The van der Waals surface area contributed by atoms with Gasteiger partial charge in [-0.2, -0.15) is 0 Å². The Morgan fingerprint density at radius 3 is 2.32 bits per heavy atom. The lowest BCUT2D eigenvalue weighted by atomic mass is 9.90. The standard InChI is InChI=1S/C16H25F2N/c1-4-9-19-16(10-12(5-2)6-3)14-8-7-13(17)11-15(14)18/h7-8,11-12,16,19H,4-6,9-10H2,1-3H3. The molecule has 1 aromatic carbocycles. The molecule has 0 fully saturated rings. The minimum Gasteiger partial charge on any atom is -0.310 e. The van der Waals surface area contributed by atoms with E-state index in [0.717, 1.165) is 38.3 Å². The first kappa shape index (κ1) is 16.1. The van der Waals surface area contributed by atoms with Crippen molar-refractivity contribution < 1.29 is 8.78 Å². The Hall–Kier alpha value is -0.960. The Balaban J connectivity index is 2.88. The highest BCUT2D eigenvalue weighted by atomic mass is 19.1. The molecular formula is C16H25F2N. The van der Waals surface area contributed by atoms with Crippen LogP contribution in [0.1, 0.15) is 58.1 Å². The second-order valence-corrected chi connectivity index (χ2v) is 5.09. The summed E-state index contributed by atoms with van der Waals surface area (Å²) >= 11 is 0. The third kappa shape index (κ3) is 4.90.